The number of nitriles is 1. The number of rotatable bonds is 2. The van der Waals surface area contributed by atoms with Gasteiger partial charge in [0.15, 0.2) is 0 Å². The maximum atomic E-state index is 9.69. The van der Waals surface area contributed by atoms with Gasteiger partial charge in [-0.3, -0.25) is 5.41 Å². The topological polar surface area (TPSA) is 66.1 Å². The Morgan fingerprint density at radius 3 is 2.73 bits per heavy atom. The second kappa shape index (κ2) is 6.47. The van der Waals surface area contributed by atoms with E-state index in [-0.39, 0.29) is 11.8 Å². The molecule has 5 heteroatoms. The van der Waals surface area contributed by atoms with Crippen molar-refractivity contribution in [2.75, 3.05) is 7.11 Å². The maximum absolute atomic E-state index is 9.69. The van der Waals surface area contributed by atoms with Crippen LogP contribution in [-0.2, 0) is 0 Å². The van der Waals surface area contributed by atoms with Crippen LogP contribution < -0.4 is 9.47 Å². The molecule has 128 valence electrons. The van der Waals surface area contributed by atoms with Gasteiger partial charge >= 0.3 is 0 Å². The van der Waals surface area contributed by atoms with Crippen molar-refractivity contribution < 1.29 is 9.47 Å². The Hall–Kier alpha value is -2.84. The molecule has 1 aliphatic rings. The number of methoxy groups -OCH3 is 1. The van der Waals surface area contributed by atoms with E-state index >= 15 is 0 Å². The summed E-state index contributed by atoms with van der Waals surface area (Å²) in [5, 5.41) is 20.0. The molecule has 1 N–H and O–H groups in total. The Kier molecular flexibility index (Phi) is 4.14. The quantitative estimate of drug-likeness (QED) is 0.631. The van der Waals surface area contributed by atoms with Crippen LogP contribution in [0.3, 0.4) is 0 Å². The SMILES string of the molecule is COc1cccc(C2c3cc4cc(Br)ccc4cc3OC(=N)C2C#N)c1. The molecule has 0 aliphatic carbocycles. The van der Waals surface area contributed by atoms with E-state index < -0.39 is 5.92 Å². The van der Waals surface area contributed by atoms with Gasteiger partial charge in [0.2, 0.25) is 5.90 Å². The van der Waals surface area contributed by atoms with Gasteiger partial charge in [0.05, 0.1) is 13.2 Å². The summed E-state index contributed by atoms with van der Waals surface area (Å²) in [5.41, 5.74) is 1.84. The lowest BCUT2D eigenvalue weighted by Crippen LogP contribution is -2.30. The van der Waals surface area contributed by atoms with Gasteiger partial charge in [-0.15, -0.1) is 0 Å². The molecule has 0 spiro atoms. The van der Waals surface area contributed by atoms with Crippen LogP contribution in [0.4, 0.5) is 0 Å². The number of benzene rings is 3. The van der Waals surface area contributed by atoms with Gasteiger partial charge in [-0.1, -0.05) is 34.1 Å². The summed E-state index contributed by atoms with van der Waals surface area (Å²) in [7, 11) is 1.62. The third kappa shape index (κ3) is 2.73. The summed E-state index contributed by atoms with van der Waals surface area (Å²) in [4.78, 5) is 0. The van der Waals surface area contributed by atoms with E-state index in [1.807, 2.05) is 48.5 Å². The number of nitrogens with zero attached hydrogens (tertiary/aromatic N) is 1. The summed E-state index contributed by atoms with van der Waals surface area (Å²) in [5.74, 6) is 0.365. The number of hydrogen-bond acceptors (Lipinski definition) is 4. The Morgan fingerprint density at radius 1 is 1.12 bits per heavy atom. The minimum absolute atomic E-state index is 0.0238. The lowest BCUT2D eigenvalue weighted by molar-refractivity contribution is 0.412. The summed E-state index contributed by atoms with van der Waals surface area (Å²) < 4.78 is 12.0. The van der Waals surface area contributed by atoms with Crippen molar-refractivity contribution in [3.05, 3.63) is 70.2 Å². The first-order valence-corrected chi connectivity index (χ1v) is 8.93. The molecule has 0 amide bonds. The van der Waals surface area contributed by atoms with Crippen LogP contribution in [0.2, 0.25) is 0 Å². The molecule has 0 bridgehead atoms. The van der Waals surface area contributed by atoms with Crippen molar-refractivity contribution >= 4 is 32.6 Å². The first-order chi connectivity index (χ1) is 12.6. The average molecular weight is 407 g/mol. The number of halogens is 1. The zero-order chi connectivity index (χ0) is 18.3. The van der Waals surface area contributed by atoms with Crippen LogP contribution in [0.5, 0.6) is 11.5 Å². The molecule has 2 unspecified atom stereocenters. The third-order valence-corrected chi connectivity index (χ3v) is 5.19. The van der Waals surface area contributed by atoms with Gasteiger partial charge in [0, 0.05) is 16.0 Å². The highest BCUT2D eigenvalue weighted by molar-refractivity contribution is 9.10. The van der Waals surface area contributed by atoms with Crippen molar-refractivity contribution in [2.45, 2.75) is 5.92 Å². The first kappa shape index (κ1) is 16.6. The zero-order valence-corrected chi connectivity index (χ0v) is 15.6. The predicted octanol–water partition coefficient (Wildman–Crippen LogP) is 5.25. The van der Waals surface area contributed by atoms with Crippen LogP contribution >= 0.6 is 15.9 Å². The van der Waals surface area contributed by atoms with E-state index in [2.05, 4.69) is 28.1 Å². The molecule has 0 saturated heterocycles. The molecule has 4 nitrogen and oxygen atoms in total. The van der Waals surface area contributed by atoms with Crippen molar-refractivity contribution in [3.8, 4) is 17.6 Å². The van der Waals surface area contributed by atoms with Gasteiger partial charge in [0.1, 0.15) is 17.4 Å². The van der Waals surface area contributed by atoms with Crippen molar-refractivity contribution in [1.82, 2.24) is 0 Å². The number of fused-ring (bicyclic) bond motifs is 2. The van der Waals surface area contributed by atoms with Crippen molar-refractivity contribution in [3.63, 3.8) is 0 Å². The maximum Gasteiger partial charge on any atom is 0.205 e. The van der Waals surface area contributed by atoms with Crippen molar-refractivity contribution in [1.29, 1.82) is 10.7 Å². The minimum atomic E-state index is -0.681. The van der Waals surface area contributed by atoms with Gasteiger partial charge in [-0.05, 0) is 52.7 Å². The highest BCUT2D eigenvalue weighted by atomic mass is 79.9. The van der Waals surface area contributed by atoms with E-state index in [0.717, 1.165) is 32.1 Å². The van der Waals surface area contributed by atoms with Crippen LogP contribution in [0.25, 0.3) is 10.8 Å². The smallest absolute Gasteiger partial charge is 0.205 e. The molecule has 3 aromatic carbocycles. The lowest BCUT2D eigenvalue weighted by atomic mass is 9.78. The molecule has 0 radical (unpaired) electrons. The standard InChI is InChI=1S/C21H15BrN2O2/c1-25-16-4-2-3-13(8-16)20-17-9-14-7-15(22)6-5-12(14)10-19(17)26-21(24)18(20)11-23/h2-10,18,20,24H,1H3. The Balaban J connectivity index is 1.96. The Labute approximate surface area is 159 Å². The number of ether oxygens (including phenoxy) is 2. The molecule has 1 heterocycles. The van der Waals surface area contributed by atoms with E-state index in [1.165, 1.54) is 0 Å². The highest BCUT2D eigenvalue weighted by Crippen LogP contribution is 2.44. The summed E-state index contributed by atoms with van der Waals surface area (Å²) in [6.07, 6.45) is 0. The summed E-state index contributed by atoms with van der Waals surface area (Å²) in [6.45, 7) is 0. The average Bonchev–Trinajstić information content (AvgIpc) is 2.65. The molecular weight excluding hydrogens is 392 g/mol. The molecule has 0 aromatic heterocycles. The van der Waals surface area contributed by atoms with E-state index in [4.69, 9.17) is 14.9 Å². The molecule has 3 aromatic rings. The van der Waals surface area contributed by atoms with E-state index in [9.17, 15) is 5.26 Å². The largest absolute Gasteiger partial charge is 0.497 e. The number of hydrogen-bond donors (Lipinski definition) is 1. The van der Waals surface area contributed by atoms with Crippen molar-refractivity contribution in [2.24, 2.45) is 5.92 Å². The van der Waals surface area contributed by atoms with Crippen LogP contribution in [-0.4, -0.2) is 13.0 Å². The molecule has 1 aliphatic heterocycles. The normalized spacial score (nSPS) is 18.7. The fraction of sp³-hybridized carbons (Fsp3) is 0.143. The van der Waals surface area contributed by atoms with Gasteiger partial charge in [-0.25, -0.2) is 0 Å². The molecule has 4 rings (SSSR count). The van der Waals surface area contributed by atoms with E-state index in [0.29, 0.717) is 5.75 Å². The predicted molar refractivity (Wildman–Crippen MR) is 104 cm³/mol. The second-order valence-electron chi connectivity index (χ2n) is 6.21. The molecule has 0 fully saturated rings. The monoisotopic (exact) mass is 406 g/mol. The lowest BCUT2D eigenvalue weighted by Gasteiger charge is -2.31. The van der Waals surface area contributed by atoms with Crippen LogP contribution in [0.1, 0.15) is 17.0 Å². The fourth-order valence-corrected chi connectivity index (χ4v) is 3.83. The number of nitrogens with one attached hydrogen (secondary N) is 1. The summed E-state index contributed by atoms with van der Waals surface area (Å²) >= 11 is 3.51. The molecule has 2 atom stereocenters. The van der Waals surface area contributed by atoms with Gasteiger partial charge in [-0.2, -0.15) is 5.26 Å². The zero-order valence-electron chi connectivity index (χ0n) is 14.0. The highest BCUT2D eigenvalue weighted by Gasteiger charge is 2.37. The van der Waals surface area contributed by atoms with Gasteiger partial charge < -0.3 is 9.47 Å². The van der Waals surface area contributed by atoms with E-state index in [1.54, 1.807) is 7.11 Å². The van der Waals surface area contributed by atoms with Crippen LogP contribution in [0, 0.1) is 22.7 Å². The Bertz CT molecular complexity index is 1070. The Morgan fingerprint density at radius 2 is 1.96 bits per heavy atom. The van der Waals surface area contributed by atoms with Crippen LogP contribution in [0.15, 0.2) is 59.1 Å². The fourth-order valence-electron chi connectivity index (χ4n) is 3.45. The molecule has 26 heavy (non-hydrogen) atoms. The minimum Gasteiger partial charge on any atom is -0.497 e. The molecule has 0 saturated carbocycles. The first-order valence-electron chi connectivity index (χ1n) is 8.14. The molecular formula is C21H15BrN2O2. The van der Waals surface area contributed by atoms with Gasteiger partial charge in [0.25, 0.3) is 0 Å². The second-order valence-corrected chi connectivity index (χ2v) is 7.12. The third-order valence-electron chi connectivity index (χ3n) is 4.69. The summed E-state index contributed by atoms with van der Waals surface area (Å²) in [6, 6.07) is 19.9.